The van der Waals surface area contributed by atoms with Gasteiger partial charge in [0.15, 0.2) is 0 Å². The van der Waals surface area contributed by atoms with Crippen molar-refractivity contribution in [2.24, 2.45) is 0 Å². The summed E-state index contributed by atoms with van der Waals surface area (Å²) in [5, 5.41) is 0. The Kier molecular flexibility index (Phi) is 5.95. The predicted octanol–water partition coefficient (Wildman–Crippen LogP) is 4.17. The lowest BCUT2D eigenvalue weighted by Crippen LogP contribution is -2.47. The highest BCUT2D eigenvalue weighted by molar-refractivity contribution is 7.15. The molecule has 4 rings (SSSR count). The molecule has 0 aliphatic carbocycles. The fourth-order valence-corrected chi connectivity index (χ4v) is 4.37. The molecule has 0 unspecified atom stereocenters. The molecule has 2 aromatic heterocycles. The lowest BCUT2D eigenvalue weighted by Gasteiger charge is -2.34. The van der Waals surface area contributed by atoms with E-state index in [1.807, 2.05) is 40.5 Å². The van der Waals surface area contributed by atoms with Crippen LogP contribution in [-0.4, -0.2) is 46.9 Å². The van der Waals surface area contributed by atoms with E-state index in [4.69, 9.17) is 0 Å². The van der Waals surface area contributed by atoms with Crippen molar-refractivity contribution in [1.82, 2.24) is 14.8 Å². The van der Waals surface area contributed by atoms with Crippen molar-refractivity contribution in [3.8, 4) is 10.4 Å². The average Bonchev–Trinajstić information content (AvgIpc) is 3.22. The van der Waals surface area contributed by atoms with E-state index >= 15 is 0 Å². The fourth-order valence-electron chi connectivity index (χ4n) is 3.31. The monoisotopic (exact) mass is 389 g/mol. The highest BCUT2D eigenvalue weighted by Crippen LogP contribution is 2.28. The summed E-state index contributed by atoms with van der Waals surface area (Å²) in [7, 11) is 0. The summed E-state index contributed by atoms with van der Waals surface area (Å²) in [4.78, 5) is 23.5. The third kappa shape index (κ3) is 4.74. The Labute approximate surface area is 169 Å². The molecule has 1 saturated heterocycles. The number of nitrogens with zero attached hydrogens (tertiary/aromatic N) is 3. The SMILES string of the molecule is O=C(/C=C/c1cccnc1)N1CCN(Cc2ccc(-c3ccccc3)s2)CC1. The zero-order valence-corrected chi connectivity index (χ0v) is 16.5. The molecule has 0 bridgehead atoms. The van der Waals surface area contributed by atoms with E-state index in [1.165, 1.54) is 15.3 Å². The van der Waals surface area contributed by atoms with Crippen LogP contribution in [-0.2, 0) is 11.3 Å². The maximum Gasteiger partial charge on any atom is 0.246 e. The second kappa shape index (κ2) is 8.95. The van der Waals surface area contributed by atoms with Crippen LogP contribution in [0.3, 0.4) is 0 Å². The molecule has 1 aromatic carbocycles. The lowest BCUT2D eigenvalue weighted by molar-refractivity contribution is -0.127. The number of carbonyl (C=O) groups is 1. The molecule has 1 aliphatic heterocycles. The summed E-state index contributed by atoms with van der Waals surface area (Å²) in [5.74, 6) is 0.0750. The van der Waals surface area contributed by atoms with Crippen molar-refractivity contribution in [3.05, 3.63) is 83.5 Å². The number of benzene rings is 1. The highest BCUT2D eigenvalue weighted by atomic mass is 32.1. The fraction of sp³-hybridized carbons (Fsp3) is 0.217. The molecular formula is C23H23N3OS. The summed E-state index contributed by atoms with van der Waals surface area (Å²) < 4.78 is 0. The van der Waals surface area contributed by atoms with Gasteiger partial charge in [0.1, 0.15) is 0 Å². The number of aromatic nitrogens is 1. The Hall–Kier alpha value is -2.76. The first-order valence-electron chi connectivity index (χ1n) is 9.51. The third-order valence-corrected chi connectivity index (χ3v) is 6.01. The summed E-state index contributed by atoms with van der Waals surface area (Å²) in [6.07, 6.45) is 6.97. The van der Waals surface area contributed by atoms with Gasteiger partial charge >= 0.3 is 0 Å². The van der Waals surface area contributed by atoms with Crippen molar-refractivity contribution in [2.45, 2.75) is 6.54 Å². The quantitative estimate of drug-likeness (QED) is 0.615. The molecule has 28 heavy (non-hydrogen) atoms. The normalized spacial score (nSPS) is 15.2. The second-order valence-corrected chi connectivity index (χ2v) is 8.02. The summed E-state index contributed by atoms with van der Waals surface area (Å²) >= 11 is 1.85. The minimum Gasteiger partial charge on any atom is -0.337 e. The van der Waals surface area contributed by atoms with Gasteiger partial charge in [-0.15, -0.1) is 11.3 Å². The summed E-state index contributed by atoms with van der Waals surface area (Å²) in [5.41, 5.74) is 2.22. The van der Waals surface area contributed by atoms with Crippen molar-refractivity contribution < 1.29 is 4.79 Å². The third-order valence-electron chi connectivity index (χ3n) is 4.89. The zero-order valence-electron chi connectivity index (χ0n) is 15.7. The van der Waals surface area contributed by atoms with Gasteiger partial charge in [0.25, 0.3) is 0 Å². The van der Waals surface area contributed by atoms with Crippen LogP contribution < -0.4 is 0 Å². The minimum atomic E-state index is 0.0750. The second-order valence-electron chi connectivity index (χ2n) is 6.85. The molecule has 1 amide bonds. The molecule has 142 valence electrons. The summed E-state index contributed by atoms with van der Waals surface area (Å²) in [6, 6.07) is 18.7. The Morgan fingerprint density at radius 1 is 1.00 bits per heavy atom. The Morgan fingerprint density at radius 3 is 2.57 bits per heavy atom. The maximum atomic E-state index is 12.4. The van der Waals surface area contributed by atoms with Crippen LogP contribution in [0.25, 0.3) is 16.5 Å². The number of amides is 1. The number of rotatable bonds is 5. The number of carbonyl (C=O) groups excluding carboxylic acids is 1. The van der Waals surface area contributed by atoms with Gasteiger partial charge in [0.05, 0.1) is 0 Å². The number of piperazine rings is 1. The Balaban J connectivity index is 1.28. The van der Waals surface area contributed by atoms with Gasteiger partial charge < -0.3 is 4.90 Å². The van der Waals surface area contributed by atoms with Gasteiger partial charge in [-0.1, -0.05) is 36.4 Å². The van der Waals surface area contributed by atoms with Gasteiger partial charge in [-0.2, -0.15) is 0 Å². The molecule has 1 aliphatic rings. The Bertz CT molecular complexity index is 929. The van der Waals surface area contributed by atoms with Gasteiger partial charge in [0, 0.05) is 60.9 Å². The van der Waals surface area contributed by atoms with E-state index in [-0.39, 0.29) is 5.91 Å². The largest absolute Gasteiger partial charge is 0.337 e. The number of pyridine rings is 1. The van der Waals surface area contributed by atoms with Gasteiger partial charge in [-0.3, -0.25) is 14.7 Å². The molecule has 5 heteroatoms. The van der Waals surface area contributed by atoms with Crippen LogP contribution in [0.15, 0.2) is 73.1 Å². The van der Waals surface area contributed by atoms with Crippen LogP contribution >= 0.6 is 11.3 Å². The molecule has 0 saturated carbocycles. The first kappa shape index (κ1) is 18.6. The standard InChI is InChI=1S/C23H23N3OS/c27-23(11-8-19-5-4-12-24-17-19)26-15-13-25(14-16-26)18-21-9-10-22(28-21)20-6-2-1-3-7-20/h1-12,17H,13-16,18H2/b11-8+. The van der Waals surface area contributed by atoms with E-state index in [0.717, 1.165) is 38.3 Å². The van der Waals surface area contributed by atoms with E-state index in [9.17, 15) is 4.79 Å². The first-order chi connectivity index (χ1) is 13.8. The van der Waals surface area contributed by atoms with E-state index in [1.54, 1.807) is 18.5 Å². The van der Waals surface area contributed by atoms with Crippen LogP contribution in [0.5, 0.6) is 0 Å². The van der Waals surface area contributed by atoms with Gasteiger partial charge in [0.2, 0.25) is 5.91 Å². The smallest absolute Gasteiger partial charge is 0.246 e. The number of thiophene rings is 1. The average molecular weight is 390 g/mol. The molecule has 0 atom stereocenters. The van der Waals surface area contributed by atoms with Crippen molar-refractivity contribution >= 4 is 23.3 Å². The summed E-state index contributed by atoms with van der Waals surface area (Å²) in [6.45, 7) is 4.31. The van der Waals surface area contributed by atoms with Crippen LogP contribution in [0.4, 0.5) is 0 Å². The van der Waals surface area contributed by atoms with E-state index in [0.29, 0.717) is 0 Å². The molecule has 0 spiro atoms. The molecular weight excluding hydrogens is 366 g/mol. The molecule has 3 aromatic rings. The molecule has 0 radical (unpaired) electrons. The van der Waals surface area contributed by atoms with Crippen molar-refractivity contribution in [2.75, 3.05) is 26.2 Å². The van der Waals surface area contributed by atoms with Crippen LogP contribution in [0, 0.1) is 0 Å². The van der Waals surface area contributed by atoms with Gasteiger partial charge in [-0.25, -0.2) is 0 Å². The number of hydrogen-bond acceptors (Lipinski definition) is 4. The topological polar surface area (TPSA) is 36.4 Å². The van der Waals surface area contributed by atoms with Crippen LogP contribution in [0.1, 0.15) is 10.4 Å². The van der Waals surface area contributed by atoms with Crippen molar-refractivity contribution in [1.29, 1.82) is 0 Å². The van der Waals surface area contributed by atoms with E-state index < -0.39 is 0 Å². The minimum absolute atomic E-state index is 0.0750. The highest BCUT2D eigenvalue weighted by Gasteiger charge is 2.20. The number of hydrogen-bond donors (Lipinski definition) is 0. The van der Waals surface area contributed by atoms with Crippen LogP contribution in [0.2, 0.25) is 0 Å². The van der Waals surface area contributed by atoms with Gasteiger partial charge in [-0.05, 0) is 35.4 Å². The molecule has 3 heterocycles. The zero-order chi connectivity index (χ0) is 19.2. The van der Waals surface area contributed by atoms with E-state index in [2.05, 4.69) is 46.3 Å². The lowest BCUT2D eigenvalue weighted by atomic mass is 10.2. The first-order valence-corrected chi connectivity index (χ1v) is 10.3. The predicted molar refractivity (Wildman–Crippen MR) is 115 cm³/mol. The molecule has 4 nitrogen and oxygen atoms in total. The Morgan fingerprint density at radius 2 is 1.82 bits per heavy atom. The maximum absolute atomic E-state index is 12.4. The van der Waals surface area contributed by atoms with Crippen molar-refractivity contribution in [3.63, 3.8) is 0 Å². The molecule has 0 N–H and O–H groups in total. The molecule has 1 fully saturated rings.